The van der Waals surface area contributed by atoms with Crippen molar-refractivity contribution in [2.75, 3.05) is 27.2 Å². The molecular weight excluding hydrogens is 188 g/mol. The summed E-state index contributed by atoms with van der Waals surface area (Å²) in [6, 6.07) is 0. The van der Waals surface area contributed by atoms with Gasteiger partial charge in [0.1, 0.15) is 0 Å². The summed E-state index contributed by atoms with van der Waals surface area (Å²) < 4.78 is 0. The topological polar surface area (TPSA) is 15.7 Å². The van der Waals surface area contributed by atoms with Gasteiger partial charge in [0.05, 0.1) is 5.60 Å². The molecule has 0 N–H and O–H groups in total. The SMILES string of the molecule is CN(C)CC(C)(C)ON1CCCC1(C)C. The van der Waals surface area contributed by atoms with Gasteiger partial charge in [-0.25, -0.2) is 0 Å². The van der Waals surface area contributed by atoms with Gasteiger partial charge in [-0.05, 0) is 54.6 Å². The highest BCUT2D eigenvalue weighted by Crippen LogP contribution is 2.31. The van der Waals surface area contributed by atoms with Gasteiger partial charge >= 0.3 is 0 Å². The zero-order chi connectivity index (χ0) is 11.7. The molecule has 3 nitrogen and oxygen atoms in total. The van der Waals surface area contributed by atoms with Gasteiger partial charge in [-0.1, -0.05) is 0 Å². The van der Waals surface area contributed by atoms with E-state index in [9.17, 15) is 0 Å². The van der Waals surface area contributed by atoms with Gasteiger partial charge in [-0.2, -0.15) is 5.06 Å². The van der Waals surface area contributed by atoms with E-state index in [1.54, 1.807) is 0 Å². The summed E-state index contributed by atoms with van der Waals surface area (Å²) >= 11 is 0. The van der Waals surface area contributed by atoms with Crippen LogP contribution in [0.4, 0.5) is 0 Å². The molecule has 1 saturated heterocycles. The first-order chi connectivity index (χ1) is 6.73. The van der Waals surface area contributed by atoms with Crippen molar-refractivity contribution in [3.8, 4) is 0 Å². The van der Waals surface area contributed by atoms with E-state index >= 15 is 0 Å². The van der Waals surface area contributed by atoms with Crippen LogP contribution in [0.25, 0.3) is 0 Å². The molecule has 1 rings (SSSR count). The molecule has 0 radical (unpaired) electrons. The summed E-state index contributed by atoms with van der Waals surface area (Å²) in [4.78, 5) is 8.29. The first-order valence-electron chi connectivity index (χ1n) is 5.84. The molecule has 0 spiro atoms. The highest BCUT2D eigenvalue weighted by Gasteiger charge is 2.36. The predicted octanol–water partition coefficient (Wildman–Crippen LogP) is 2.13. The molecule has 0 aromatic heterocycles. The first kappa shape index (κ1) is 12.9. The van der Waals surface area contributed by atoms with Crippen LogP contribution in [0.1, 0.15) is 40.5 Å². The van der Waals surface area contributed by atoms with Crippen molar-refractivity contribution in [1.82, 2.24) is 9.96 Å². The Kier molecular flexibility index (Phi) is 3.80. The van der Waals surface area contributed by atoms with E-state index in [4.69, 9.17) is 4.84 Å². The molecule has 1 heterocycles. The average Bonchev–Trinajstić information content (AvgIpc) is 2.26. The van der Waals surface area contributed by atoms with Crippen molar-refractivity contribution >= 4 is 0 Å². The Bertz CT molecular complexity index is 212. The summed E-state index contributed by atoms with van der Waals surface area (Å²) in [7, 11) is 4.17. The first-order valence-corrected chi connectivity index (χ1v) is 5.84. The summed E-state index contributed by atoms with van der Waals surface area (Å²) in [5.74, 6) is 0. The maximum absolute atomic E-state index is 6.12. The Hall–Kier alpha value is -0.120. The maximum atomic E-state index is 6.12. The second-order valence-electron chi connectivity index (χ2n) is 6.11. The van der Waals surface area contributed by atoms with Gasteiger partial charge in [-0.15, -0.1) is 0 Å². The van der Waals surface area contributed by atoms with Crippen LogP contribution in [0.15, 0.2) is 0 Å². The summed E-state index contributed by atoms with van der Waals surface area (Å²) in [5.41, 5.74) is 0.0920. The van der Waals surface area contributed by atoms with Gasteiger partial charge in [0.25, 0.3) is 0 Å². The third kappa shape index (κ3) is 3.74. The van der Waals surface area contributed by atoms with Crippen molar-refractivity contribution in [2.45, 2.75) is 51.7 Å². The van der Waals surface area contributed by atoms with Crippen LogP contribution >= 0.6 is 0 Å². The van der Waals surface area contributed by atoms with E-state index in [1.165, 1.54) is 12.8 Å². The van der Waals surface area contributed by atoms with Crippen LogP contribution < -0.4 is 0 Å². The Morgan fingerprint density at radius 2 is 1.93 bits per heavy atom. The van der Waals surface area contributed by atoms with E-state index in [0.29, 0.717) is 0 Å². The normalized spacial score (nSPS) is 22.6. The third-order valence-electron chi connectivity index (χ3n) is 2.88. The molecule has 1 aliphatic rings. The molecule has 0 saturated carbocycles. The van der Waals surface area contributed by atoms with Crippen LogP contribution in [-0.4, -0.2) is 48.3 Å². The van der Waals surface area contributed by atoms with Crippen molar-refractivity contribution in [3.05, 3.63) is 0 Å². The molecule has 3 heteroatoms. The Labute approximate surface area is 94.3 Å². The molecule has 90 valence electrons. The van der Waals surface area contributed by atoms with E-state index in [-0.39, 0.29) is 11.1 Å². The second-order valence-corrected chi connectivity index (χ2v) is 6.11. The molecule has 0 aromatic rings. The summed E-state index contributed by atoms with van der Waals surface area (Å²) in [6.07, 6.45) is 2.47. The van der Waals surface area contributed by atoms with E-state index < -0.39 is 0 Å². The molecule has 1 fully saturated rings. The minimum Gasteiger partial charge on any atom is -0.306 e. The number of likely N-dealkylation sites (N-methyl/N-ethyl adjacent to an activating group) is 1. The van der Waals surface area contributed by atoms with Crippen molar-refractivity contribution in [3.63, 3.8) is 0 Å². The van der Waals surface area contributed by atoms with Crippen LogP contribution in [0, 0.1) is 0 Å². The number of hydrogen-bond acceptors (Lipinski definition) is 3. The monoisotopic (exact) mass is 214 g/mol. The maximum Gasteiger partial charge on any atom is 0.0969 e. The number of hydroxylamine groups is 2. The number of hydrogen-bond donors (Lipinski definition) is 0. The number of rotatable bonds is 4. The fourth-order valence-electron chi connectivity index (χ4n) is 2.34. The lowest BCUT2D eigenvalue weighted by Gasteiger charge is -2.38. The van der Waals surface area contributed by atoms with Gasteiger partial charge in [-0.3, -0.25) is 4.84 Å². The minimum atomic E-state index is -0.106. The molecule has 15 heavy (non-hydrogen) atoms. The molecule has 0 amide bonds. The predicted molar refractivity (Wildman–Crippen MR) is 63.7 cm³/mol. The van der Waals surface area contributed by atoms with E-state index in [2.05, 4.69) is 51.8 Å². The number of nitrogens with zero attached hydrogens (tertiary/aromatic N) is 2. The average molecular weight is 214 g/mol. The third-order valence-corrected chi connectivity index (χ3v) is 2.88. The fourth-order valence-corrected chi connectivity index (χ4v) is 2.34. The molecule has 0 bridgehead atoms. The lowest BCUT2D eigenvalue weighted by atomic mass is 10.0. The van der Waals surface area contributed by atoms with Crippen LogP contribution in [0.5, 0.6) is 0 Å². The van der Waals surface area contributed by atoms with Gasteiger partial charge in [0.15, 0.2) is 0 Å². The van der Waals surface area contributed by atoms with E-state index in [1.807, 2.05) is 0 Å². The smallest absolute Gasteiger partial charge is 0.0969 e. The standard InChI is InChI=1S/C12H26N2O/c1-11(2)8-7-9-14(11)15-12(3,4)10-13(5)6/h7-10H2,1-6H3. The molecular formula is C12H26N2O. The van der Waals surface area contributed by atoms with Crippen molar-refractivity contribution in [2.24, 2.45) is 0 Å². The van der Waals surface area contributed by atoms with Gasteiger partial charge in [0, 0.05) is 18.6 Å². The van der Waals surface area contributed by atoms with Crippen molar-refractivity contribution < 1.29 is 4.84 Å². The van der Waals surface area contributed by atoms with E-state index in [0.717, 1.165) is 13.1 Å². The molecule has 0 unspecified atom stereocenters. The highest BCUT2D eigenvalue weighted by molar-refractivity contribution is 4.84. The molecule has 0 aromatic carbocycles. The zero-order valence-electron chi connectivity index (χ0n) is 11.1. The van der Waals surface area contributed by atoms with Crippen LogP contribution in [-0.2, 0) is 4.84 Å². The largest absolute Gasteiger partial charge is 0.306 e. The second kappa shape index (κ2) is 4.40. The Morgan fingerprint density at radius 1 is 1.33 bits per heavy atom. The molecule has 0 atom stereocenters. The molecule has 1 aliphatic heterocycles. The molecule has 0 aliphatic carbocycles. The lowest BCUT2D eigenvalue weighted by molar-refractivity contribution is -0.264. The Balaban J connectivity index is 2.53. The van der Waals surface area contributed by atoms with Gasteiger partial charge < -0.3 is 4.90 Å². The fraction of sp³-hybridized carbons (Fsp3) is 1.00. The lowest BCUT2D eigenvalue weighted by Crippen LogP contribution is -2.48. The summed E-state index contributed by atoms with van der Waals surface area (Å²) in [6.45, 7) is 10.8. The Morgan fingerprint density at radius 3 is 2.33 bits per heavy atom. The zero-order valence-corrected chi connectivity index (χ0v) is 11.1. The quantitative estimate of drug-likeness (QED) is 0.713. The van der Waals surface area contributed by atoms with Crippen LogP contribution in [0.2, 0.25) is 0 Å². The summed E-state index contributed by atoms with van der Waals surface area (Å²) in [5, 5.41) is 2.16. The highest BCUT2D eigenvalue weighted by atomic mass is 16.7. The van der Waals surface area contributed by atoms with Crippen molar-refractivity contribution in [1.29, 1.82) is 0 Å². The van der Waals surface area contributed by atoms with Gasteiger partial charge in [0.2, 0.25) is 0 Å². The van der Waals surface area contributed by atoms with Crippen LogP contribution in [0.3, 0.4) is 0 Å². The minimum absolute atomic E-state index is 0.106.